The minimum absolute atomic E-state index is 0.111. The molecule has 1 aromatic rings. The first kappa shape index (κ1) is 14.3. The second-order valence-corrected chi connectivity index (χ2v) is 4.75. The molecule has 106 valence electrons. The van der Waals surface area contributed by atoms with E-state index in [4.69, 9.17) is 11.6 Å². The summed E-state index contributed by atoms with van der Waals surface area (Å²) >= 11 is 5.73. The monoisotopic (exact) mass is 296 g/mol. The van der Waals surface area contributed by atoms with Crippen molar-refractivity contribution < 1.29 is 14.4 Å². The largest absolute Gasteiger partial charge is 0.324 e. The van der Waals surface area contributed by atoms with Gasteiger partial charge < -0.3 is 4.90 Å². The van der Waals surface area contributed by atoms with Crippen molar-refractivity contribution in [3.8, 4) is 0 Å². The molecule has 2 heterocycles. The van der Waals surface area contributed by atoms with Gasteiger partial charge in [-0.1, -0.05) is 11.6 Å². The number of pyridine rings is 1. The van der Waals surface area contributed by atoms with Crippen LogP contribution in [-0.2, 0) is 9.59 Å². The van der Waals surface area contributed by atoms with E-state index in [2.05, 4.69) is 10.3 Å². The van der Waals surface area contributed by atoms with Crippen molar-refractivity contribution in [1.29, 1.82) is 0 Å². The molecule has 1 fully saturated rings. The number of carbonyl (C=O) groups is 3. The molecule has 0 spiro atoms. The number of hydrogen-bond acceptors (Lipinski definition) is 4. The predicted molar refractivity (Wildman–Crippen MR) is 72.4 cm³/mol. The SMILES string of the molecule is CN(C(=O)CN1CCC(=O)NC1=O)c1ccc(Cl)cn1. The van der Waals surface area contributed by atoms with Gasteiger partial charge in [0.2, 0.25) is 11.8 Å². The van der Waals surface area contributed by atoms with Gasteiger partial charge in [-0.15, -0.1) is 0 Å². The van der Waals surface area contributed by atoms with E-state index in [-0.39, 0.29) is 31.3 Å². The molecule has 8 heteroatoms. The summed E-state index contributed by atoms with van der Waals surface area (Å²) in [7, 11) is 1.56. The molecule has 0 bridgehead atoms. The van der Waals surface area contributed by atoms with Gasteiger partial charge in [-0.2, -0.15) is 0 Å². The number of amides is 4. The van der Waals surface area contributed by atoms with Crippen LogP contribution in [0.3, 0.4) is 0 Å². The molecule has 0 saturated carbocycles. The van der Waals surface area contributed by atoms with E-state index in [1.165, 1.54) is 16.0 Å². The van der Waals surface area contributed by atoms with Crippen LogP contribution < -0.4 is 10.2 Å². The second kappa shape index (κ2) is 5.87. The first-order chi connectivity index (χ1) is 9.47. The molecule has 0 aromatic carbocycles. The predicted octanol–water partition coefficient (Wildman–Crippen LogP) is 0.640. The summed E-state index contributed by atoms with van der Waals surface area (Å²) in [6.45, 7) is 0.123. The fourth-order valence-electron chi connectivity index (χ4n) is 1.71. The zero-order valence-corrected chi connectivity index (χ0v) is 11.6. The number of nitrogens with one attached hydrogen (secondary N) is 1. The van der Waals surface area contributed by atoms with Crippen LogP contribution in [0, 0.1) is 0 Å². The highest BCUT2D eigenvalue weighted by molar-refractivity contribution is 6.30. The van der Waals surface area contributed by atoms with Crippen LogP contribution in [0.5, 0.6) is 0 Å². The normalized spacial score (nSPS) is 15.0. The molecule has 20 heavy (non-hydrogen) atoms. The molecule has 0 aliphatic carbocycles. The van der Waals surface area contributed by atoms with Crippen LogP contribution >= 0.6 is 11.6 Å². The van der Waals surface area contributed by atoms with Crippen molar-refractivity contribution in [2.45, 2.75) is 6.42 Å². The van der Waals surface area contributed by atoms with Gasteiger partial charge in [-0.3, -0.25) is 19.8 Å². The zero-order chi connectivity index (χ0) is 14.7. The first-order valence-corrected chi connectivity index (χ1v) is 6.32. The summed E-state index contributed by atoms with van der Waals surface area (Å²) in [5.74, 6) is -0.191. The topological polar surface area (TPSA) is 82.6 Å². The molecule has 2 rings (SSSR count). The summed E-state index contributed by atoms with van der Waals surface area (Å²) in [5.41, 5.74) is 0. The summed E-state index contributed by atoms with van der Waals surface area (Å²) in [6.07, 6.45) is 1.63. The fraction of sp³-hybridized carbons (Fsp3) is 0.333. The second-order valence-electron chi connectivity index (χ2n) is 4.31. The van der Waals surface area contributed by atoms with Gasteiger partial charge in [0, 0.05) is 26.2 Å². The smallest absolute Gasteiger partial charge is 0.315 e. The van der Waals surface area contributed by atoms with E-state index in [1.807, 2.05) is 0 Å². The highest BCUT2D eigenvalue weighted by atomic mass is 35.5. The summed E-state index contributed by atoms with van der Waals surface area (Å²) < 4.78 is 0. The molecule has 4 amide bonds. The van der Waals surface area contributed by atoms with Crippen LogP contribution in [-0.4, -0.2) is 47.9 Å². The standard InChI is InChI=1S/C12H13ClN4O3/c1-16(9-3-2-8(13)6-14-9)11(19)7-17-5-4-10(18)15-12(17)20/h2-3,6H,4-5,7H2,1H3,(H,15,18,20). The van der Waals surface area contributed by atoms with Crippen molar-refractivity contribution >= 4 is 35.3 Å². The van der Waals surface area contributed by atoms with Gasteiger partial charge in [-0.25, -0.2) is 9.78 Å². The highest BCUT2D eigenvalue weighted by Gasteiger charge is 2.26. The molecule has 1 aliphatic rings. The number of hydrogen-bond donors (Lipinski definition) is 1. The van der Waals surface area contributed by atoms with Gasteiger partial charge in [0.25, 0.3) is 0 Å². The summed E-state index contributed by atoms with van der Waals surface area (Å²) in [6, 6.07) is 2.69. The third-order valence-electron chi connectivity index (χ3n) is 2.90. The van der Waals surface area contributed by atoms with Crippen LogP contribution in [0.15, 0.2) is 18.3 Å². The molecule has 1 saturated heterocycles. The lowest BCUT2D eigenvalue weighted by Gasteiger charge is -2.27. The van der Waals surface area contributed by atoms with Crippen molar-refractivity contribution in [1.82, 2.24) is 15.2 Å². The average Bonchev–Trinajstić information content (AvgIpc) is 2.42. The maximum Gasteiger partial charge on any atom is 0.324 e. The Bertz CT molecular complexity index is 546. The third kappa shape index (κ3) is 3.24. The number of imide groups is 1. The summed E-state index contributed by atoms with van der Waals surface area (Å²) in [5, 5.41) is 2.64. The van der Waals surface area contributed by atoms with Crippen molar-refractivity contribution in [2.75, 3.05) is 25.0 Å². The minimum Gasteiger partial charge on any atom is -0.315 e. The molecular weight excluding hydrogens is 284 g/mol. The quantitative estimate of drug-likeness (QED) is 0.887. The molecule has 1 aromatic heterocycles. The first-order valence-electron chi connectivity index (χ1n) is 5.94. The number of halogens is 1. The van der Waals surface area contributed by atoms with Gasteiger partial charge in [0.1, 0.15) is 12.4 Å². The number of likely N-dealkylation sites (N-methyl/N-ethyl adjacent to an activating group) is 1. The van der Waals surface area contributed by atoms with Crippen molar-refractivity contribution in [3.05, 3.63) is 23.4 Å². The third-order valence-corrected chi connectivity index (χ3v) is 3.12. The minimum atomic E-state index is -0.549. The number of urea groups is 1. The lowest BCUT2D eigenvalue weighted by molar-refractivity contribution is -0.123. The van der Waals surface area contributed by atoms with E-state index in [0.717, 1.165) is 0 Å². The van der Waals surface area contributed by atoms with E-state index < -0.39 is 6.03 Å². The van der Waals surface area contributed by atoms with E-state index in [0.29, 0.717) is 10.8 Å². The zero-order valence-electron chi connectivity index (χ0n) is 10.8. The molecule has 0 atom stereocenters. The lowest BCUT2D eigenvalue weighted by atomic mass is 10.3. The van der Waals surface area contributed by atoms with Crippen LogP contribution in [0.2, 0.25) is 5.02 Å². The van der Waals surface area contributed by atoms with Crippen LogP contribution in [0.25, 0.3) is 0 Å². The van der Waals surface area contributed by atoms with Gasteiger partial charge in [0.05, 0.1) is 5.02 Å². The maximum absolute atomic E-state index is 12.1. The van der Waals surface area contributed by atoms with Gasteiger partial charge in [0.15, 0.2) is 0 Å². The molecule has 1 N–H and O–H groups in total. The van der Waals surface area contributed by atoms with Crippen molar-refractivity contribution in [3.63, 3.8) is 0 Å². The number of nitrogens with zero attached hydrogens (tertiary/aromatic N) is 3. The molecular formula is C12H13ClN4O3. The van der Waals surface area contributed by atoms with E-state index in [9.17, 15) is 14.4 Å². The van der Waals surface area contributed by atoms with Crippen molar-refractivity contribution in [2.24, 2.45) is 0 Å². The Hall–Kier alpha value is -2.15. The number of rotatable bonds is 3. The number of aromatic nitrogens is 1. The van der Waals surface area contributed by atoms with Gasteiger partial charge in [-0.05, 0) is 12.1 Å². The Morgan fingerprint density at radius 2 is 2.25 bits per heavy atom. The Morgan fingerprint density at radius 3 is 2.85 bits per heavy atom. The van der Waals surface area contributed by atoms with Gasteiger partial charge >= 0.3 is 6.03 Å². The Morgan fingerprint density at radius 1 is 1.50 bits per heavy atom. The van der Waals surface area contributed by atoms with Crippen LogP contribution in [0.1, 0.15) is 6.42 Å². The Labute approximate surface area is 120 Å². The average molecular weight is 297 g/mol. The maximum atomic E-state index is 12.1. The van der Waals surface area contributed by atoms with E-state index >= 15 is 0 Å². The molecule has 0 radical (unpaired) electrons. The molecule has 1 aliphatic heterocycles. The number of carbonyl (C=O) groups excluding carboxylic acids is 3. The molecule has 0 unspecified atom stereocenters. The highest BCUT2D eigenvalue weighted by Crippen LogP contribution is 2.13. The lowest BCUT2D eigenvalue weighted by Crippen LogP contribution is -2.52. The Kier molecular flexibility index (Phi) is 4.19. The Balaban J connectivity index is 1.99. The van der Waals surface area contributed by atoms with E-state index in [1.54, 1.807) is 19.2 Å². The fourth-order valence-corrected chi connectivity index (χ4v) is 1.83. The van der Waals surface area contributed by atoms with Crippen LogP contribution in [0.4, 0.5) is 10.6 Å². The molecule has 7 nitrogen and oxygen atoms in total. The summed E-state index contributed by atoms with van der Waals surface area (Å²) in [4.78, 5) is 41.3. The number of anilines is 1.